The SMILES string of the molecule is CCNC(CC)c1ccc(N2CCCCCC2)cc1. The molecule has 0 bridgehead atoms. The molecular formula is C17H28N2. The summed E-state index contributed by atoms with van der Waals surface area (Å²) in [5.41, 5.74) is 2.82. The van der Waals surface area contributed by atoms with E-state index in [0.717, 1.165) is 13.0 Å². The van der Waals surface area contributed by atoms with Gasteiger partial charge in [-0.2, -0.15) is 0 Å². The lowest BCUT2D eigenvalue weighted by molar-refractivity contribution is 0.537. The van der Waals surface area contributed by atoms with Crippen molar-refractivity contribution in [2.45, 2.75) is 52.0 Å². The van der Waals surface area contributed by atoms with Crippen LogP contribution in [0.5, 0.6) is 0 Å². The van der Waals surface area contributed by atoms with Crippen LogP contribution in [0.15, 0.2) is 24.3 Å². The van der Waals surface area contributed by atoms with Crippen molar-refractivity contribution in [2.75, 3.05) is 24.5 Å². The van der Waals surface area contributed by atoms with Gasteiger partial charge in [-0.25, -0.2) is 0 Å². The van der Waals surface area contributed by atoms with Gasteiger partial charge in [0.05, 0.1) is 0 Å². The number of hydrogen-bond donors (Lipinski definition) is 1. The predicted molar refractivity (Wildman–Crippen MR) is 83.8 cm³/mol. The Bertz CT molecular complexity index is 350. The van der Waals surface area contributed by atoms with Crippen molar-refractivity contribution in [3.8, 4) is 0 Å². The van der Waals surface area contributed by atoms with E-state index >= 15 is 0 Å². The fourth-order valence-corrected chi connectivity index (χ4v) is 2.99. The summed E-state index contributed by atoms with van der Waals surface area (Å²) in [6, 6.07) is 9.72. The molecule has 1 N–H and O–H groups in total. The van der Waals surface area contributed by atoms with Gasteiger partial charge in [-0.05, 0) is 43.5 Å². The molecule has 1 aliphatic heterocycles. The minimum absolute atomic E-state index is 0.503. The molecule has 19 heavy (non-hydrogen) atoms. The maximum absolute atomic E-state index is 3.54. The van der Waals surface area contributed by atoms with Crippen molar-refractivity contribution in [3.05, 3.63) is 29.8 Å². The van der Waals surface area contributed by atoms with Crippen LogP contribution in [0.3, 0.4) is 0 Å². The second-order valence-corrected chi connectivity index (χ2v) is 5.51. The minimum atomic E-state index is 0.503. The molecule has 1 atom stereocenters. The number of nitrogens with one attached hydrogen (secondary N) is 1. The molecule has 0 radical (unpaired) electrons. The van der Waals surface area contributed by atoms with Crippen molar-refractivity contribution in [3.63, 3.8) is 0 Å². The molecule has 1 heterocycles. The fourth-order valence-electron chi connectivity index (χ4n) is 2.99. The summed E-state index contributed by atoms with van der Waals surface area (Å²) in [4.78, 5) is 2.55. The van der Waals surface area contributed by atoms with Crippen LogP contribution in [0.4, 0.5) is 5.69 Å². The van der Waals surface area contributed by atoms with E-state index in [1.807, 2.05) is 0 Å². The Morgan fingerprint density at radius 1 is 1.00 bits per heavy atom. The van der Waals surface area contributed by atoms with Crippen LogP contribution in [0, 0.1) is 0 Å². The van der Waals surface area contributed by atoms with Gasteiger partial charge in [-0.3, -0.25) is 0 Å². The summed E-state index contributed by atoms with van der Waals surface area (Å²) < 4.78 is 0. The molecule has 1 fully saturated rings. The van der Waals surface area contributed by atoms with Crippen LogP contribution < -0.4 is 10.2 Å². The lowest BCUT2D eigenvalue weighted by Gasteiger charge is -2.24. The van der Waals surface area contributed by atoms with Crippen LogP contribution in [0.1, 0.15) is 57.6 Å². The fraction of sp³-hybridized carbons (Fsp3) is 0.647. The smallest absolute Gasteiger partial charge is 0.0366 e. The lowest BCUT2D eigenvalue weighted by atomic mass is 10.0. The highest BCUT2D eigenvalue weighted by Gasteiger charge is 2.11. The Labute approximate surface area is 118 Å². The summed E-state index contributed by atoms with van der Waals surface area (Å²) in [5.74, 6) is 0. The van der Waals surface area contributed by atoms with E-state index in [-0.39, 0.29) is 0 Å². The Morgan fingerprint density at radius 3 is 2.16 bits per heavy atom. The number of nitrogens with zero attached hydrogens (tertiary/aromatic N) is 1. The molecule has 2 heteroatoms. The zero-order valence-corrected chi connectivity index (χ0v) is 12.5. The highest BCUT2D eigenvalue weighted by molar-refractivity contribution is 5.48. The Kier molecular flexibility index (Phi) is 5.71. The maximum Gasteiger partial charge on any atom is 0.0366 e. The lowest BCUT2D eigenvalue weighted by Crippen LogP contribution is -2.24. The van der Waals surface area contributed by atoms with Crippen LogP contribution in [-0.4, -0.2) is 19.6 Å². The zero-order chi connectivity index (χ0) is 13.5. The average Bonchev–Trinajstić information content (AvgIpc) is 2.74. The van der Waals surface area contributed by atoms with Gasteiger partial charge in [0.1, 0.15) is 0 Å². The second kappa shape index (κ2) is 7.54. The molecule has 0 spiro atoms. The summed E-state index contributed by atoms with van der Waals surface area (Å²) in [6.07, 6.45) is 6.63. The van der Waals surface area contributed by atoms with Gasteiger partial charge in [0.2, 0.25) is 0 Å². The largest absolute Gasteiger partial charge is 0.372 e. The molecule has 106 valence electrons. The van der Waals surface area contributed by atoms with Crippen molar-refractivity contribution >= 4 is 5.69 Å². The van der Waals surface area contributed by atoms with E-state index in [1.165, 1.54) is 50.0 Å². The van der Waals surface area contributed by atoms with Crippen LogP contribution >= 0.6 is 0 Å². The third kappa shape index (κ3) is 3.97. The minimum Gasteiger partial charge on any atom is -0.372 e. The number of rotatable bonds is 5. The first-order valence-electron chi connectivity index (χ1n) is 7.93. The van der Waals surface area contributed by atoms with Crippen molar-refractivity contribution in [1.82, 2.24) is 5.32 Å². The number of anilines is 1. The molecule has 1 saturated heterocycles. The first kappa shape index (κ1) is 14.4. The Morgan fingerprint density at radius 2 is 1.63 bits per heavy atom. The molecule has 1 aromatic rings. The molecule has 0 aliphatic carbocycles. The van der Waals surface area contributed by atoms with E-state index in [4.69, 9.17) is 0 Å². The van der Waals surface area contributed by atoms with E-state index in [0.29, 0.717) is 6.04 Å². The molecule has 1 aromatic carbocycles. The Hall–Kier alpha value is -1.02. The van der Waals surface area contributed by atoms with E-state index in [2.05, 4.69) is 48.3 Å². The van der Waals surface area contributed by atoms with Gasteiger partial charge in [-0.15, -0.1) is 0 Å². The predicted octanol–water partition coefficient (Wildman–Crippen LogP) is 4.13. The van der Waals surface area contributed by atoms with Crippen molar-refractivity contribution in [2.24, 2.45) is 0 Å². The maximum atomic E-state index is 3.54. The number of hydrogen-bond acceptors (Lipinski definition) is 2. The molecule has 2 nitrogen and oxygen atoms in total. The molecular weight excluding hydrogens is 232 g/mol. The summed E-state index contributed by atoms with van der Waals surface area (Å²) >= 11 is 0. The van der Waals surface area contributed by atoms with Gasteiger partial charge in [0.25, 0.3) is 0 Å². The highest BCUT2D eigenvalue weighted by atomic mass is 15.1. The molecule has 0 saturated carbocycles. The summed E-state index contributed by atoms with van der Waals surface area (Å²) in [5, 5.41) is 3.54. The number of benzene rings is 1. The van der Waals surface area contributed by atoms with Gasteiger partial charge >= 0.3 is 0 Å². The second-order valence-electron chi connectivity index (χ2n) is 5.51. The molecule has 1 unspecified atom stereocenters. The third-order valence-electron chi connectivity index (χ3n) is 4.13. The van der Waals surface area contributed by atoms with Gasteiger partial charge in [0, 0.05) is 24.8 Å². The normalized spacial score (nSPS) is 18.1. The van der Waals surface area contributed by atoms with Gasteiger partial charge in [0.15, 0.2) is 0 Å². The zero-order valence-electron chi connectivity index (χ0n) is 12.5. The summed E-state index contributed by atoms with van der Waals surface area (Å²) in [7, 11) is 0. The average molecular weight is 260 g/mol. The topological polar surface area (TPSA) is 15.3 Å². The van der Waals surface area contributed by atoms with Gasteiger partial charge < -0.3 is 10.2 Å². The van der Waals surface area contributed by atoms with Crippen molar-refractivity contribution < 1.29 is 0 Å². The molecule has 0 aromatic heterocycles. The molecule has 2 rings (SSSR count). The van der Waals surface area contributed by atoms with Crippen LogP contribution in [0.25, 0.3) is 0 Å². The molecule has 0 amide bonds. The first-order chi connectivity index (χ1) is 9.35. The van der Waals surface area contributed by atoms with E-state index in [1.54, 1.807) is 0 Å². The van der Waals surface area contributed by atoms with E-state index < -0.39 is 0 Å². The standard InChI is InChI=1S/C17H28N2/c1-3-17(18-4-2)15-9-11-16(12-10-15)19-13-7-5-6-8-14-19/h9-12,17-18H,3-8,13-14H2,1-2H3. The van der Waals surface area contributed by atoms with Crippen LogP contribution in [-0.2, 0) is 0 Å². The molecule has 1 aliphatic rings. The van der Waals surface area contributed by atoms with Crippen LogP contribution in [0.2, 0.25) is 0 Å². The summed E-state index contributed by atoms with van der Waals surface area (Å²) in [6.45, 7) is 7.91. The first-order valence-corrected chi connectivity index (χ1v) is 7.93. The third-order valence-corrected chi connectivity index (χ3v) is 4.13. The monoisotopic (exact) mass is 260 g/mol. The quantitative estimate of drug-likeness (QED) is 0.856. The van der Waals surface area contributed by atoms with Gasteiger partial charge in [-0.1, -0.05) is 38.8 Å². The van der Waals surface area contributed by atoms with E-state index in [9.17, 15) is 0 Å². The van der Waals surface area contributed by atoms with Crippen molar-refractivity contribution in [1.29, 1.82) is 0 Å². The highest BCUT2D eigenvalue weighted by Crippen LogP contribution is 2.23. The Balaban J connectivity index is 2.04.